The summed E-state index contributed by atoms with van der Waals surface area (Å²) in [5.41, 5.74) is 0. The molecule has 1 atom stereocenters. The largest absolute Gasteiger partial charge is 0.462 e. The molecular weight excluding hydrogens is 705 g/mol. The van der Waals surface area contributed by atoms with Crippen molar-refractivity contribution >= 4 is 11.9 Å². The van der Waals surface area contributed by atoms with Crippen molar-refractivity contribution in [3.8, 4) is 0 Å². The van der Waals surface area contributed by atoms with Crippen LogP contribution in [0.2, 0.25) is 0 Å². The Labute approximate surface area is 350 Å². The minimum Gasteiger partial charge on any atom is -0.462 e. The number of aliphatic hydroxyl groups is 1. The zero-order valence-corrected chi connectivity index (χ0v) is 36.6. The Balaban J connectivity index is 3.58. The summed E-state index contributed by atoms with van der Waals surface area (Å²) in [6.07, 6.45) is 67.8. The average Bonchev–Trinajstić information content (AvgIpc) is 3.21. The van der Waals surface area contributed by atoms with Crippen molar-refractivity contribution in [1.29, 1.82) is 0 Å². The van der Waals surface area contributed by atoms with Crippen molar-refractivity contribution in [2.24, 2.45) is 0 Å². The maximum Gasteiger partial charge on any atom is 0.306 e. The maximum absolute atomic E-state index is 12.1. The standard InChI is InChI=1S/C52H84O5/c1-3-5-7-9-11-12-13-14-15-16-17-18-19-20-21-22-23-24-25-26-27-28-29-30-31-32-33-34-35-36-37-38-39-40-41-43-45-47-52(55)57-50(48-53)49-56-51(54)46-44-42-10-8-6-4-2/h5,7,11-12,14-15,17-18,20-21,23-24,26-27,29-30,32-33,50,53H,3-4,6,8-10,13,16,19,22,25,28,31,34-49H2,1-2H3/b7-5-,12-11-,15-14-,18-17-,21-20-,24-23-,27-26-,30-29-,33-32-. The lowest BCUT2D eigenvalue weighted by molar-refractivity contribution is -0.161. The number of allylic oxidation sites excluding steroid dienone is 18. The van der Waals surface area contributed by atoms with Crippen LogP contribution >= 0.6 is 0 Å². The van der Waals surface area contributed by atoms with E-state index in [-0.39, 0.29) is 25.2 Å². The number of hydrogen-bond acceptors (Lipinski definition) is 5. The summed E-state index contributed by atoms with van der Waals surface area (Å²) in [5, 5.41) is 9.51. The molecule has 0 aliphatic carbocycles. The second-order valence-electron chi connectivity index (χ2n) is 14.8. The first-order chi connectivity index (χ1) is 28.1. The van der Waals surface area contributed by atoms with Crippen LogP contribution in [-0.4, -0.2) is 36.4 Å². The molecule has 0 radical (unpaired) electrons. The molecule has 5 heteroatoms. The molecule has 0 aliphatic heterocycles. The van der Waals surface area contributed by atoms with Crippen LogP contribution in [0, 0.1) is 0 Å². The van der Waals surface area contributed by atoms with Crippen LogP contribution < -0.4 is 0 Å². The van der Waals surface area contributed by atoms with Gasteiger partial charge in [0.15, 0.2) is 6.10 Å². The van der Waals surface area contributed by atoms with Gasteiger partial charge in [0, 0.05) is 12.8 Å². The van der Waals surface area contributed by atoms with E-state index in [1.165, 1.54) is 57.8 Å². The first-order valence-electron chi connectivity index (χ1n) is 22.9. The summed E-state index contributed by atoms with van der Waals surface area (Å²) in [5.74, 6) is -0.615. The molecular formula is C52H84O5. The van der Waals surface area contributed by atoms with E-state index in [9.17, 15) is 14.7 Å². The predicted octanol–water partition coefficient (Wildman–Crippen LogP) is 15.0. The molecule has 322 valence electrons. The van der Waals surface area contributed by atoms with Crippen LogP contribution in [0.5, 0.6) is 0 Å². The minimum atomic E-state index is -0.776. The lowest BCUT2D eigenvalue weighted by Gasteiger charge is -2.15. The van der Waals surface area contributed by atoms with E-state index in [1.807, 2.05) is 0 Å². The lowest BCUT2D eigenvalue weighted by Crippen LogP contribution is -2.28. The van der Waals surface area contributed by atoms with Gasteiger partial charge >= 0.3 is 11.9 Å². The van der Waals surface area contributed by atoms with Gasteiger partial charge in [-0.2, -0.15) is 0 Å². The Bertz CT molecular complexity index is 1160. The molecule has 0 bridgehead atoms. The van der Waals surface area contributed by atoms with E-state index < -0.39 is 6.10 Å². The first-order valence-corrected chi connectivity index (χ1v) is 22.9. The zero-order chi connectivity index (χ0) is 41.4. The number of carbonyl (C=O) groups is 2. The number of rotatable bonds is 40. The van der Waals surface area contributed by atoms with Crippen molar-refractivity contribution in [1.82, 2.24) is 0 Å². The molecule has 1 unspecified atom stereocenters. The molecule has 0 spiro atoms. The molecule has 0 heterocycles. The smallest absolute Gasteiger partial charge is 0.306 e. The number of esters is 2. The third-order valence-corrected chi connectivity index (χ3v) is 9.33. The first kappa shape index (κ1) is 53.6. The number of aliphatic hydroxyl groups excluding tert-OH is 1. The van der Waals surface area contributed by atoms with E-state index in [4.69, 9.17) is 9.47 Å². The van der Waals surface area contributed by atoms with Gasteiger partial charge in [0.2, 0.25) is 0 Å². The Kier molecular flexibility index (Phi) is 44.1. The quantitative estimate of drug-likeness (QED) is 0.0380. The number of ether oxygens (including phenoxy) is 2. The van der Waals surface area contributed by atoms with Crippen LogP contribution in [0.3, 0.4) is 0 Å². The molecule has 0 saturated heterocycles. The molecule has 0 aromatic heterocycles. The molecule has 0 amide bonds. The summed E-state index contributed by atoms with van der Waals surface area (Å²) >= 11 is 0. The molecule has 0 aromatic rings. The highest BCUT2D eigenvalue weighted by atomic mass is 16.6. The molecule has 1 N–H and O–H groups in total. The van der Waals surface area contributed by atoms with Gasteiger partial charge in [0.25, 0.3) is 0 Å². The molecule has 0 aliphatic rings. The van der Waals surface area contributed by atoms with Gasteiger partial charge in [-0.3, -0.25) is 9.59 Å². The lowest BCUT2D eigenvalue weighted by atomic mass is 10.1. The van der Waals surface area contributed by atoms with Gasteiger partial charge in [-0.25, -0.2) is 0 Å². The van der Waals surface area contributed by atoms with Gasteiger partial charge in [0.05, 0.1) is 6.61 Å². The van der Waals surface area contributed by atoms with E-state index in [2.05, 4.69) is 123 Å². The minimum absolute atomic E-state index is 0.0731. The topological polar surface area (TPSA) is 72.8 Å². The summed E-state index contributed by atoms with van der Waals surface area (Å²) in [6.45, 7) is 3.93. The fourth-order valence-electron chi connectivity index (χ4n) is 5.90. The monoisotopic (exact) mass is 789 g/mol. The fraction of sp³-hybridized carbons (Fsp3) is 0.615. The number of carbonyl (C=O) groups excluding carboxylic acids is 2. The normalized spacial score (nSPS) is 13.2. The van der Waals surface area contributed by atoms with Crippen LogP contribution in [0.15, 0.2) is 109 Å². The highest BCUT2D eigenvalue weighted by Crippen LogP contribution is 2.13. The van der Waals surface area contributed by atoms with Crippen LogP contribution in [-0.2, 0) is 19.1 Å². The Morgan fingerprint density at radius 1 is 0.421 bits per heavy atom. The fourth-order valence-corrected chi connectivity index (χ4v) is 5.90. The highest BCUT2D eigenvalue weighted by Gasteiger charge is 2.16. The van der Waals surface area contributed by atoms with Crippen molar-refractivity contribution in [3.63, 3.8) is 0 Å². The van der Waals surface area contributed by atoms with Gasteiger partial charge in [-0.05, 0) is 83.5 Å². The van der Waals surface area contributed by atoms with E-state index in [0.717, 1.165) is 103 Å². The van der Waals surface area contributed by atoms with Gasteiger partial charge in [0.1, 0.15) is 6.61 Å². The van der Waals surface area contributed by atoms with Gasteiger partial charge in [-0.1, -0.05) is 200 Å². The van der Waals surface area contributed by atoms with E-state index >= 15 is 0 Å². The molecule has 5 nitrogen and oxygen atoms in total. The van der Waals surface area contributed by atoms with Crippen molar-refractivity contribution in [3.05, 3.63) is 109 Å². The van der Waals surface area contributed by atoms with Gasteiger partial charge in [-0.15, -0.1) is 0 Å². The number of unbranched alkanes of at least 4 members (excludes halogenated alkanes) is 14. The zero-order valence-electron chi connectivity index (χ0n) is 36.6. The second-order valence-corrected chi connectivity index (χ2v) is 14.8. The molecule has 0 rings (SSSR count). The molecule has 0 fully saturated rings. The van der Waals surface area contributed by atoms with Crippen molar-refractivity contribution in [2.75, 3.05) is 13.2 Å². The molecule has 0 saturated carbocycles. The average molecular weight is 789 g/mol. The van der Waals surface area contributed by atoms with Crippen molar-refractivity contribution in [2.45, 2.75) is 193 Å². The maximum atomic E-state index is 12.1. The van der Waals surface area contributed by atoms with Crippen molar-refractivity contribution < 1.29 is 24.2 Å². The predicted molar refractivity (Wildman–Crippen MR) is 246 cm³/mol. The third-order valence-electron chi connectivity index (χ3n) is 9.33. The summed E-state index contributed by atoms with van der Waals surface area (Å²) in [7, 11) is 0. The van der Waals surface area contributed by atoms with Gasteiger partial charge < -0.3 is 14.6 Å². The second kappa shape index (κ2) is 46.9. The molecule has 57 heavy (non-hydrogen) atoms. The molecule has 0 aromatic carbocycles. The third kappa shape index (κ3) is 45.1. The van der Waals surface area contributed by atoms with Crippen LogP contribution in [0.25, 0.3) is 0 Å². The Morgan fingerprint density at radius 3 is 1.14 bits per heavy atom. The summed E-state index contributed by atoms with van der Waals surface area (Å²) in [6, 6.07) is 0. The van der Waals surface area contributed by atoms with Crippen LogP contribution in [0.1, 0.15) is 187 Å². The SMILES string of the molecule is CC/C=C\C/C=C\C/C=C\C/C=C\C/C=C\C/C=C\C/C=C\C/C=C\C/C=C\CCCCCCCCCCCC(=O)OC(CO)COC(=O)CCCCCCCC. The number of hydrogen-bond donors (Lipinski definition) is 1. The highest BCUT2D eigenvalue weighted by molar-refractivity contribution is 5.70. The van der Waals surface area contributed by atoms with E-state index in [0.29, 0.717) is 12.8 Å². The summed E-state index contributed by atoms with van der Waals surface area (Å²) < 4.78 is 10.5. The Hall–Kier alpha value is -3.44. The van der Waals surface area contributed by atoms with Crippen LogP contribution in [0.4, 0.5) is 0 Å². The summed E-state index contributed by atoms with van der Waals surface area (Å²) in [4.78, 5) is 24.1. The van der Waals surface area contributed by atoms with E-state index in [1.54, 1.807) is 0 Å². The Morgan fingerprint density at radius 2 is 0.754 bits per heavy atom.